The minimum atomic E-state index is -3.03. The highest BCUT2D eigenvalue weighted by atomic mass is 31.2. The molecule has 0 aliphatic carbocycles. The number of rotatable bonds is 8. The zero-order valence-electron chi connectivity index (χ0n) is 14.0. The molecule has 0 unspecified atom stereocenters. The third-order valence-corrected chi connectivity index (χ3v) is 5.08. The highest BCUT2D eigenvalue weighted by Crippen LogP contribution is 2.51. The van der Waals surface area contributed by atoms with E-state index in [1.54, 1.807) is 0 Å². The quantitative estimate of drug-likeness (QED) is 0.592. The molecule has 0 aliphatic rings. The Bertz CT molecular complexity index is 448. The normalized spacial score (nSPS) is 12.6. The highest BCUT2D eigenvalue weighted by molar-refractivity contribution is 7.53. The van der Waals surface area contributed by atoms with Gasteiger partial charge in [0.1, 0.15) is 0 Å². The van der Waals surface area contributed by atoms with Crippen molar-refractivity contribution in [2.75, 3.05) is 13.2 Å². The average molecular weight is 312 g/mol. The molecule has 1 rings (SSSR count). The summed E-state index contributed by atoms with van der Waals surface area (Å²) in [5.41, 5.74) is 2.39. The van der Waals surface area contributed by atoms with E-state index in [1.807, 2.05) is 26.0 Å². The second-order valence-corrected chi connectivity index (χ2v) is 8.44. The molecule has 1 aromatic rings. The van der Waals surface area contributed by atoms with Gasteiger partial charge < -0.3 is 9.05 Å². The molecule has 3 nitrogen and oxygen atoms in total. The van der Waals surface area contributed by atoms with E-state index in [0.29, 0.717) is 19.4 Å². The Morgan fingerprint density at radius 3 is 1.81 bits per heavy atom. The maximum atomic E-state index is 12.7. The van der Waals surface area contributed by atoms with Crippen molar-refractivity contribution in [2.24, 2.45) is 0 Å². The van der Waals surface area contributed by atoms with Gasteiger partial charge in [-0.25, -0.2) is 0 Å². The van der Waals surface area contributed by atoms with Gasteiger partial charge in [0.2, 0.25) is 0 Å². The zero-order chi connectivity index (χ0) is 15.9. The highest BCUT2D eigenvalue weighted by Gasteiger charge is 2.25. The maximum Gasteiger partial charge on any atom is 0.335 e. The predicted octanol–water partition coefficient (Wildman–Crippen LogP) is 5.53. The van der Waals surface area contributed by atoms with E-state index in [4.69, 9.17) is 9.05 Å². The monoisotopic (exact) mass is 312 g/mol. The molecule has 0 saturated carbocycles. The molecule has 0 N–H and O–H groups in total. The van der Waals surface area contributed by atoms with Crippen LogP contribution in [-0.4, -0.2) is 13.2 Å². The van der Waals surface area contributed by atoms with E-state index in [9.17, 15) is 4.57 Å². The summed E-state index contributed by atoms with van der Waals surface area (Å²) in [7, 11) is -3.03. The van der Waals surface area contributed by atoms with Crippen LogP contribution in [0, 0.1) is 0 Å². The lowest BCUT2D eigenvalue weighted by Gasteiger charge is -2.21. The van der Waals surface area contributed by atoms with Crippen LogP contribution in [0.15, 0.2) is 24.3 Å². The molecule has 0 aliphatic heterocycles. The fourth-order valence-corrected chi connectivity index (χ4v) is 3.76. The van der Waals surface area contributed by atoms with Gasteiger partial charge in [-0.05, 0) is 29.4 Å². The van der Waals surface area contributed by atoms with E-state index in [2.05, 4.69) is 32.9 Å². The lowest BCUT2D eigenvalue weighted by atomic mass is 9.87. The van der Waals surface area contributed by atoms with Crippen molar-refractivity contribution in [2.45, 2.75) is 59.0 Å². The van der Waals surface area contributed by atoms with Gasteiger partial charge in [0.15, 0.2) is 0 Å². The van der Waals surface area contributed by atoms with Crippen molar-refractivity contribution < 1.29 is 13.6 Å². The van der Waals surface area contributed by atoms with Gasteiger partial charge >= 0.3 is 7.60 Å². The Morgan fingerprint density at radius 2 is 1.43 bits per heavy atom. The smallest absolute Gasteiger partial charge is 0.308 e. The van der Waals surface area contributed by atoms with Crippen LogP contribution in [0.2, 0.25) is 0 Å². The molecule has 0 spiro atoms. The van der Waals surface area contributed by atoms with Crippen LogP contribution in [0.25, 0.3) is 0 Å². The minimum Gasteiger partial charge on any atom is -0.308 e. The Balaban J connectivity index is 2.80. The Kier molecular flexibility index (Phi) is 7.12. The minimum absolute atomic E-state index is 0.125. The Labute approximate surface area is 129 Å². The molecule has 0 aromatic heterocycles. The molecular formula is C17H29O3P. The SMILES string of the molecule is CCCOP(=O)(Cc1ccc(C(C)(C)C)cc1)OCCC. The fourth-order valence-electron chi connectivity index (χ4n) is 1.92. The summed E-state index contributed by atoms with van der Waals surface area (Å²) < 4.78 is 23.8. The standard InChI is InChI=1S/C17H29O3P/c1-6-12-19-21(18,20-13-7-2)14-15-8-10-16(11-9-15)17(3,4)5/h8-11H,6-7,12-14H2,1-5H3. The summed E-state index contributed by atoms with van der Waals surface area (Å²) in [5, 5.41) is 0. The molecule has 0 saturated heterocycles. The summed E-state index contributed by atoms with van der Waals surface area (Å²) >= 11 is 0. The molecule has 0 atom stereocenters. The molecule has 4 heteroatoms. The second-order valence-electron chi connectivity index (χ2n) is 6.38. The van der Waals surface area contributed by atoms with Gasteiger partial charge in [-0.3, -0.25) is 4.57 Å². The predicted molar refractivity (Wildman–Crippen MR) is 88.9 cm³/mol. The van der Waals surface area contributed by atoms with E-state index < -0.39 is 7.60 Å². The van der Waals surface area contributed by atoms with Gasteiger partial charge in [-0.15, -0.1) is 0 Å². The van der Waals surface area contributed by atoms with E-state index >= 15 is 0 Å². The first-order valence-electron chi connectivity index (χ1n) is 7.78. The molecule has 0 amide bonds. The van der Waals surface area contributed by atoms with E-state index in [0.717, 1.165) is 18.4 Å². The van der Waals surface area contributed by atoms with Crippen molar-refractivity contribution in [3.8, 4) is 0 Å². The van der Waals surface area contributed by atoms with Crippen molar-refractivity contribution in [3.63, 3.8) is 0 Å². The maximum absolute atomic E-state index is 12.7. The summed E-state index contributed by atoms with van der Waals surface area (Å²) in [6.07, 6.45) is 2.02. The van der Waals surface area contributed by atoms with Crippen LogP contribution in [0.4, 0.5) is 0 Å². The molecule has 0 radical (unpaired) electrons. The van der Waals surface area contributed by atoms with Crippen LogP contribution in [0.1, 0.15) is 58.6 Å². The summed E-state index contributed by atoms with van der Waals surface area (Å²) in [5.74, 6) is 0. The topological polar surface area (TPSA) is 35.5 Å². The van der Waals surface area contributed by atoms with E-state index in [-0.39, 0.29) is 5.41 Å². The summed E-state index contributed by atoms with van der Waals surface area (Å²) in [4.78, 5) is 0. The Morgan fingerprint density at radius 1 is 0.952 bits per heavy atom. The van der Waals surface area contributed by atoms with Crippen molar-refractivity contribution in [1.82, 2.24) is 0 Å². The lowest BCUT2D eigenvalue weighted by Crippen LogP contribution is -2.10. The molecule has 21 heavy (non-hydrogen) atoms. The third kappa shape index (κ3) is 6.34. The van der Waals surface area contributed by atoms with Crippen LogP contribution in [0.3, 0.4) is 0 Å². The largest absolute Gasteiger partial charge is 0.335 e. The van der Waals surface area contributed by atoms with Gasteiger partial charge in [-0.2, -0.15) is 0 Å². The zero-order valence-corrected chi connectivity index (χ0v) is 14.9. The first kappa shape index (κ1) is 18.4. The average Bonchev–Trinajstić information content (AvgIpc) is 2.43. The molecule has 1 aromatic carbocycles. The summed E-state index contributed by atoms with van der Waals surface area (Å²) in [6.45, 7) is 11.5. The van der Waals surface area contributed by atoms with Crippen molar-refractivity contribution in [1.29, 1.82) is 0 Å². The lowest BCUT2D eigenvalue weighted by molar-refractivity contribution is 0.203. The van der Waals surface area contributed by atoms with Crippen LogP contribution >= 0.6 is 7.60 Å². The van der Waals surface area contributed by atoms with Crippen LogP contribution in [0.5, 0.6) is 0 Å². The van der Waals surface area contributed by atoms with Crippen LogP contribution in [-0.2, 0) is 25.2 Å². The second kappa shape index (κ2) is 8.12. The first-order chi connectivity index (χ1) is 9.80. The fraction of sp³-hybridized carbons (Fsp3) is 0.647. The van der Waals surface area contributed by atoms with Crippen LogP contribution < -0.4 is 0 Å². The summed E-state index contributed by atoms with van der Waals surface area (Å²) in [6, 6.07) is 8.24. The molecule has 0 bridgehead atoms. The molecular weight excluding hydrogens is 283 g/mol. The first-order valence-corrected chi connectivity index (χ1v) is 9.51. The molecule has 120 valence electrons. The van der Waals surface area contributed by atoms with Gasteiger partial charge in [0.05, 0.1) is 19.4 Å². The van der Waals surface area contributed by atoms with Crippen molar-refractivity contribution in [3.05, 3.63) is 35.4 Å². The van der Waals surface area contributed by atoms with Gasteiger partial charge in [-0.1, -0.05) is 58.9 Å². The van der Waals surface area contributed by atoms with Gasteiger partial charge in [0, 0.05) is 0 Å². The number of hydrogen-bond acceptors (Lipinski definition) is 3. The van der Waals surface area contributed by atoms with Gasteiger partial charge in [0.25, 0.3) is 0 Å². The Hall–Kier alpha value is -0.630. The third-order valence-electron chi connectivity index (χ3n) is 3.18. The van der Waals surface area contributed by atoms with Crippen molar-refractivity contribution >= 4 is 7.60 Å². The number of benzene rings is 1. The van der Waals surface area contributed by atoms with E-state index in [1.165, 1.54) is 5.56 Å². The molecule has 0 heterocycles. The number of hydrogen-bond donors (Lipinski definition) is 0. The molecule has 0 fully saturated rings.